The van der Waals surface area contributed by atoms with Crippen molar-refractivity contribution in [2.75, 3.05) is 12.1 Å². The Morgan fingerprint density at radius 1 is 1.17 bits per heavy atom. The minimum atomic E-state index is -0.671. The number of carbonyl (C=O) groups excluding carboxylic acids is 1. The Hall–Kier alpha value is -4.05. The lowest BCUT2D eigenvalue weighted by atomic mass is 10.1. The Balaban J connectivity index is 1.66. The van der Waals surface area contributed by atoms with Gasteiger partial charge >= 0.3 is 0 Å². The Kier molecular flexibility index (Phi) is 4.98. The van der Waals surface area contributed by atoms with E-state index < -0.39 is 11.7 Å². The smallest absolute Gasteiger partial charge is 0.266 e. The zero-order valence-electron chi connectivity index (χ0n) is 16.4. The molecule has 0 atom stereocenters. The molecule has 1 amide bonds. The van der Waals surface area contributed by atoms with Crippen LogP contribution < -0.4 is 14.8 Å². The Labute approximate surface area is 172 Å². The molecule has 150 valence electrons. The second-order valence-electron chi connectivity index (χ2n) is 6.80. The molecule has 7 heteroatoms. The van der Waals surface area contributed by atoms with Crippen molar-refractivity contribution in [2.45, 2.75) is 13.8 Å². The van der Waals surface area contributed by atoms with Gasteiger partial charge in [-0.05, 0) is 55.8 Å². The summed E-state index contributed by atoms with van der Waals surface area (Å²) >= 11 is 0. The molecule has 0 fully saturated rings. The molecule has 2 heterocycles. The zero-order valence-corrected chi connectivity index (χ0v) is 16.4. The van der Waals surface area contributed by atoms with Crippen molar-refractivity contribution < 1.29 is 18.7 Å². The van der Waals surface area contributed by atoms with Gasteiger partial charge < -0.3 is 19.4 Å². The highest BCUT2D eigenvalue weighted by Gasteiger charge is 2.18. The largest absolute Gasteiger partial charge is 0.454 e. The number of nitrogens with zero attached hydrogens (tertiary/aromatic N) is 2. The molecule has 30 heavy (non-hydrogen) atoms. The average Bonchev–Trinajstić information content (AvgIpc) is 3.31. The van der Waals surface area contributed by atoms with Gasteiger partial charge in [0.15, 0.2) is 11.5 Å². The van der Waals surface area contributed by atoms with Crippen molar-refractivity contribution >= 4 is 17.7 Å². The monoisotopic (exact) mass is 403 g/mol. The maximum atomic E-state index is 13.8. The number of aryl methyl sites for hydroxylation is 1. The van der Waals surface area contributed by atoms with Crippen molar-refractivity contribution in [1.82, 2.24) is 4.57 Å². The third kappa shape index (κ3) is 3.51. The normalized spacial score (nSPS) is 12.5. The van der Waals surface area contributed by atoms with Gasteiger partial charge in [-0.1, -0.05) is 12.1 Å². The van der Waals surface area contributed by atoms with Crippen molar-refractivity contribution in [2.24, 2.45) is 0 Å². The van der Waals surface area contributed by atoms with Gasteiger partial charge in [0.05, 0.1) is 5.69 Å². The summed E-state index contributed by atoms with van der Waals surface area (Å²) in [5, 5.41) is 11.9. The average molecular weight is 403 g/mol. The fourth-order valence-corrected chi connectivity index (χ4v) is 3.41. The van der Waals surface area contributed by atoms with Crippen LogP contribution in [-0.4, -0.2) is 17.3 Å². The van der Waals surface area contributed by atoms with E-state index >= 15 is 0 Å². The summed E-state index contributed by atoms with van der Waals surface area (Å²) < 4.78 is 26.6. The number of anilines is 1. The standard InChI is InChI=1S/C23H18FN3O3/c1-14-9-16(10-17(12-25)23(28)26-20-6-4-3-5-19(20)24)15(2)27(14)18-7-8-21-22(11-18)30-13-29-21/h3-11H,13H2,1-2H3,(H,26,28)/b17-10-. The van der Waals surface area contributed by atoms with Gasteiger partial charge in [-0.3, -0.25) is 4.79 Å². The summed E-state index contributed by atoms with van der Waals surface area (Å²) in [4.78, 5) is 12.5. The van der Waals surface area contributed by atoms with Crippen LogP contribution >= 0.6 is 0 Å². The number of ether oxygens (including phenoxy) is 2. The number of halogens is 1. The number of para-hydroxylation sites is 1. The predicted octanol–water partition coefficient (Wildman–Crippen LogP) is 4.51. The molecule has 0 bridgehead atoms. The second kappa shape index (κ2) is 7.76. The Morgan fingerprint density at radius 3 is 2.70 bits per heavy atom. The third-order valence-corrected chi connectivity index (χ3v) is 4.87. The molecule has 2 aromatic carbocycles. The van der Waals surface area contributed by atoms with Gasteiger partial charge in [-0.25, -0.2) is 4.39 Å². The van der Waals surface area contributed by atoms with Crippen molar-refractivity contribution in [3.05, 3.63) is 76.9 Å². The molecule has 6 nitrogen and oxygen atoms in total. The molecule has 3 aromatic rings. The van der Waals surface area contributed by atoms with E-state index in [9.17, 15) is 14.4 Å². The Bertz CT molecular complexity index is 1220. The first-order valence-electron chi connectivity index (χ1n) is 9.24. The van der Waals surface area contributed by atoms with Crippen molar-refractivity contribution in [3.63, 3.8) is 0 Å². The summed E-state index contributed by atoms with van der Waals surface area (Å²) in [6.07, 6.45) is 1.50. The van der Waals surface area contributed by atoms with Crippen molar-refractivity contribution in [3.8, 4) is 23.3 Å². The van der Waals surface area contributed by atoms with Crippen LogP contribution in [0.5, 0.6) is 11.5 Å². The number of hydrogen-bond donors (Lipinski definition) is 1. The lowest BCUT2D eigenvalue weighted by Gasteiger charge is -2.10. The SMILES string of the molecule is Cc1cc(/C=C(/C#N)C(=O)Nc2ccccc2F)c(C)n1-c1ccc2c(c1)OCO2. The van der Waals surface area contributed by atoms with E-state index in [2.05, 4.69) is 5.32 Å². The second-order valence-corrected chi connectivity index (χ2v) is 6.80. The van der Waals surface area contributed by atoms with Crippen LogP contribution in [0.3, 0.4) is 0 Å². The highest BCUT2D eigenvalue weighted by molar-refractivity contribution is 6.09. The van der Waals surface area contributed by atoms with E-state index in [0.717, 1.165) is 17.1 Å². The molecular formula is C23H18FN3O3. The van der Waals surface area contributed by atoms with Crippen LogP contribution in [0.1, 0.15) is 17.0 Å². The summed E-state index contributed by atoms with van der Waals surface area (Å²) in [6, 6.07) is 15.2. The summed E-state index contributed by atoms with van der Waals surface area (Å²) in [6.45, 7) is 4.02. The minimum Gasteiger partial charge on any atom is -0.454 e. The maximum absolute atomic E-state index is 13.8. The van der Waals surface area contributed by atoms with Gasteiger partial charge in [0, 0.05) is 23.1 Å². The number of nitriles is 1. The number of benzene rings is 2. The van der Waals surface area contributed by atoms with E-state index in [4.69, 9.17) is 9.47 Å². The van der Waals surface area contributed by atoms with Crippen molar-refractivity contribution in [1.29, 1.82) is 5.26 Å². The van der Waals surface area contributed by atoms with Gasteiger partial charge in [-0.15, -0.1) is 0 Å². The quantitative estimate of drug-likeness (QED) is 0.514. The lowest BCUT2D eigenvalue weighted by molar-refractivity contribution is -0.112. The van der Waals surface area contributed by atoms with Crippen LogP contribution in [0.2, 0.25) is 0 Å². The first-order valence-corrected chi connectivity index (χ1v) is 9.24. The number of nitrogens with one attached hydrogen (secondary N) is 1. The van der Waals surface area contributed by atoms with E-state index in [1.807, 2.05) is 48.7 Å². The topological polar surface area (TPSA) is 76.3 Å². The Morgan fingerprint density at radius 2 is 1.93 bits per heavy atom. The van der Waals surface area contributed by atoms with Gasteiger partial charge in [0.1, 0.15) is 17.5 Å². The number of hydrogen-bond acceptors (Lipinski definition) is 4. The van der Waals surface area contributed by atoms with Gasteiger partial charge in [0.25, 0.3) is 5.91 Å². The van der Waals surface area contributed by atoms with E-state index in [0.29, 0.717) is 17.1 Å². The first kappa shape index (κ1) is 19.3. The van der Waals surface area contributed by atoms with E-state index in [1.54, 1.807) is 6.07 Å². The maximum Gasteiger partial charge on any atom is 0.266 e. The minimum absolute atomic E-state index is 0.0227. The fourth-order valence-electron chi connectivity index (χ4n) is 3.41. The molecular weight excluding hydrogens is 385 g/mol. The molecule has 1 aliphatic rings. The van der Waals surface area contributed by atoms with E-state index in [1.165, 1.54) is 24.3 Å². The molecule has 1 aromatic heterocycles. The number of amides is 1. The number of aromatic nitrogens is 1. The summed E-state index contributed by atoms with van der Waals surface area (Å²) in [5.41, 5.74) is 3.26. The number of carbonyl (C=O) groups is 1. The highest BCUT2D eigenvalue weighted by atomic mass is 19.1. The van der Waals surface area contributed by atoms with Crippen LogP contribution in [0.25, 0.3) is 11.8 Å². The zero-order chi connectivity index (χ0) is 21.3. The van der Waals surface area contributed by atoms with Gasteiger partial charge in [-0.2, -0.15) is 5.26 Å². The molecule has 0 aliphatic carbocycles. The van der Waals surface area contributed by atoms with E-state index in [-0.39, 0.29) is 18.1 Å². The molecule has 4 rings (SSSR count). The summed E-state index contributed by atoms with van der Waals surface area (Å²) in [7, 11) is 0. The molecule has 0 unspecified atom stereocenters. The molecule has 1 aliphatic heterocycles. The molecule has 0 radical (unpaired) electrons. The van der Waals surface area contributed by atoms with Crippen LogP contribution in [0.15, 0.2) is 54.1 Å². The first-order chi connectivity index (χ1) is 14.5. The molecule has 1 N–H and O–H groups in total. The molecule has 0 saturated carbocycles. The number of rotatable bonds is 4. The van der Waals surface area contributed by atoms with Crippen LogP contribution in [-0.2, 0) is 4.79 Å². The van der Waals surface area contributed by atoms with Crippen LogP contribution in [0.4, 0.5) is 10.1 Å². The van der Waals surface area contributed by atoms with Gasteiger partial charge in [0.2, 0.25) is 6.79 Å². The summed E-state index contributed by atoms with van der Waals surface area (Å²) in [5.74, 6) is 0.122. The predicted molar refractivity (Wildman–Crippen MR) is 110 cm³/mol. The lowest BCUT2D eigenvalue weighted by Crippen LogP contribution is -2.14. The van der Waals surface area contributed by atoms with Crippen LogP contribution in [0, 0.1) is 31.0 Å². The fraction of sp³-hybridized carbons (Fsp3) is 0.130. The third-order valence-electron chi connectivity index (χ3n) is 4.87. The molecule has 0 saturated heterocycles. The molecule has 0 spiro atoms. The highest BCUT2D eigenvalue weighted by Crippen LogP contribution is 2.35. The number of fused-ring (bicyclic) bond motifs is 1.